The summed E-state index contributed by atoms with van der Waals surface area (Å²) in [5, 5.41) is 18.0. The molecule has 0 radical (unpaired) electrons. The molecule has 2 N–H and O–H groups in total. The molecule has 3 nitrogen and oxygen atoms in total. The van der Waals surface area contributed by atoms with Gasteiger partial charge in [0.15, 0.2) is 0 Å². The van der Waals surface area contributed by atoms with Crippen molar-refractivity contribution in [2.45, 2.75) is 25.4 Å². The van der Waals surface area contributed by atoms with Crippen LogP contribution in [0.25, 0.3) is 0 Å². The molecule has 0 aliphatic heterocycles. The van der Waals surface area contributed by atoms with Crippen molar-refractivity contribution in [2.24, 2.45) is 0 Å². The van der Waals surface area contributed by atoms with Crippen LogP contribution in [0.5, 0.6) is 5.75 Å². The zero-order chi connectivity index (χ0) is 13.9. The van der Waals surface area contributed by atoms with Gasteiger partial charge in [0.25, 0.3) is 0 Å². The lowest BCUT2D eigenvalue weighted by Crippen LogP contribution is -2.07. The highest BCUT2D eigenvalue weighted by Crippen LogP contribution is 2.39. The number of alkyl halides is 3. The van der Waals surface area contributed by atoms with Gasteiger partial charge >= 0.3 is 12.1 Å². The second-order valence-electron chi connectivity index (χ2n) is 3.71. The van der Waals surface area contributed by atoms with Crippen LogP contribution in [0, 0.1) is 0 Å². The Morgan fingerprint density at radius 1 is 1.33 bits per heavy atom. The summed E-state index contributed by atoms with van der Waals surface area (Å²) in [7, 11) is 0. The van der Waals surface area contributed by atoms with Crippen LogP contribution in [-0.4, -0.2) is 16.2 Å². The third-order valence-electron chi connectivity index (χ3n) is 2.30. The summed E-state index contributed by atoms with van der Waals surface area (Å²) in [6.07, 6.45) is -4.57. The van der Waals surface area contributed by atoms with Crippen LogP contribution >= 0.6 is 15.9 Å². The zero-order valence-electron chi connectivity index (χ0n) is 9.09. The summed E-state index contributed by atoms with van der Waals surface area (Å²) in [4.78, 5) is 10.3. The van der Waals surface area contributed by atoms with Gasteiger partial charge in [-0.05, 0) is 30.5 Å². The minimum Gasteiger partial charge on any atom is -0.507 e. The van der Waals surface area contributed by atoms with Crippen molar-refractivity contribution in [1.29, 1.82) is 0 Å². The van der Waals surface area contributed by atoms with Crippen LogP contribution in [0.4, 0.5) is 13.2 Å². The van der Waals surface area contributed by atoms with E-state index in [4.69, 9.17) is 5.11 Å². The molecule has 18 heavy (non-hydrogen) atoms. The smallest absolute Gasteiger partial charge is 0.420 e. The molecule has 1 rings (SSSR count). The predicted molar refractivity (Wildman–Crippen MR) is 61.4 cm³/mol. The van der Waals surface area contributed by atoms with Gasteiger partial charge in [0.1, 0.15) is 5.75 Å². The number of hydrogen-bond acceptors (Lipinski definition) is 2. The molecule has 0 aromatic heterocycles. The predicted octanol–water partition coefficient (Wildman–Crippen LogP) is 3.58. The number of aliphatic carboxylic acids is 1. The van der Waals surface area contributed by atoms with Crippen LogP contribution < -0.4 is 0 Å². The molecule has 7 heteroatoms. The average molecular weight is 327 g/mol. The SMILES string of the molecule is O=C(O)CCCc1cc(Br)cc(C(F)(F)F)c1O. The molecule has 0 atom stereocenters. The number of carboxylic acids is 1. The summed E-state index contributed by atoms with van der Waals surface area (Å²) in [6, 6.07) is 2.14. The second kappa shape index (κ2) is 5.60. The van der Waals surface area contributed by atoms with E-state index in [1.165, 1.54) is 6.07 Å². The molecule has 1 aromatic carbocycles. The molecular formula is C11H10BrF3O3. The second-order valence-corrected chi connectivity index (χ2v) is 4.62. The van der Waals surface area contributed by atoms with Gasteiger partial charge in [-0.3, -0.25) is 4.79 Å². The van der Waals surface area contributed by atoms with Gasteiger partial charge in [-0.2, -0.15) is 13.2 Å². The van der Waals surface area contributed by atoms with Crippen LogP contribution in [0.3, 0.4) is 0 Å². The van der Waals surface area contributed by atoms with Crippen molar-refractivity contribution in [3.05, 3.63) is 27.7 Å². The fourth-order valence-electron chi connectivity index (χ4n) is 1.49. The number of hydrogen-bond donors (Lipinski definition) is 2. The van der Waals surface area contributed by atoms with E-state index < -0.39 is 23.5 Å². The topological polar surface area (TPSA) is 57.5 Å². The van der Waals surface area contributed by atoms with Gasteiger partial charge in [-0.15, -0.1) is 0 Å². The van der Waals surface area contributed by atoms with Crippen molar-refractivity contribution in [3.8, 4) is 5.75 Å². The minimum absolute atomic E-state index is 0.0701. The maximum Gasteiger partial charge on any atom is 0.420 e. The first-order valence-electron chi connectivity index (χ1n) is 5.02. The van der Waals surface area contributed by atoms with Crippen LogP contribution in [0.1, 0.15) is 24.0 Å². The molecule has 0 aliphatic rings. The Kier molecular flexibility index (Phi) is 4.61. The number of aromatic hydroxyl groups is 1. The highest BCUT2D eigenvalue weighted by molar-refractivity contribution is 9.10. The van der Waals surface area contributed by atoms with Gasteiger partial charge < -0.3 is 10.2 Å². The summed E-state index contributed by atoms with van der Waals surface area (Å²) in [5.74, 6) is -1.86. The summed E-state index contributed by atoms with van der Waals surface area (Å²) < 4.78 is 37.9. The highest BCUT2D eigenvalue weighted by atomic mass is 79.9. The summed E-state index contributed by atoms with van der Waals surface area (Å²) >= 11 is 2.93. The summed E-state index contributed by atoms with van der Waals surface area (Å²) in [5.41, 5.74) is -1.04. The number of rotatable bonds is 4. The van der Waals surface area contributed by atoms with Gasteiger partial charge in [0.05, 0.1) is 5.56 Å². The Bertz CT molecular complexity index is 458. The lowest BCUT2D eigenvalue weighted by atomic mass is 10.0. The molecule has 0 saturated heterocycles. The molecule has 0 aliphatic carbocycles. The molecule has 0 unspecified atom stereocenters. The molecule has 0 heterocycles. The first-order valence-corrected chi connectivity index (χ1v) is 5.81. The van der Waals surface area contributed by atoms with Crippen LogP contribution in [0.2, 0.25) is 0 Å². The molecule has 0 bridgehead atoms. The Labute approximate surface area is 109 Å². The molecule has 0 spiro atoms. The third-order valence-corrected chi connectivity index (χ3v) is 2.75. The van der Waals surface area contributed by atoms with Crippen molar-refractivity contribution in [2.75, 3.05) is 0 Å². The maximum atomic E-state index is 12.6. The van der Waals surface area contributed by atoms with E-state index in [2.05, 4.69) is 15.9 Å². The van der Waals surface area contributed by atoms with Crippen molar-refractivity contribution in [1.82, 2.24) is 0 Å². The third kappa shape index (κ3) is 3.90. The summed E-state index contributed by atoms with van der Waals surface area (Å²) in [6.45, 7) is 0. The Balaban J connectivity index is 2.99. The van der Waals surface area contributed by atoms with Crippen molar-refractivity contribution < 1.29 is 28.2 Å². The van der Waals surface area contributed by atoms with Crippen molar-refractivity contribution >= 4 is 21.9 Å². The first kappa shape index (κ1) is 14.8. The van der Waals surface area contributed by atoms with E-state index >= 15 is 0 Å². The number of phenols is 1. The average Bonchev–Trinajstić information content (AvgIpc) is 2.20. The Morgan fingerprint density at radius 2 is 1.94 bits per heavy atom. The van der Waals surface area contributed by atoms with E-state index in [1.807, 2.05) is 0 Å². The van der Waals surface area contributed by atoms with Crippen molar-refractivity contribution in [3.63, 3.8) is 0 Å². The van der Waals surface area contributed by atoms with Gasteiger partial charge in [-0.1, -0.05) is 15.9 Å². The maximum absolute atomic E-state index is 12.6. The Hall–Kier alpha value is -1.24. The molecule has 0 amide bonds. The number of aryl methyl sites for hydroxylation is 1. The minimum atomic E-state index is -4.64. The molecular weight excluding hydrogens is 317 g/mol. The lowest BCUT2D eigenvalue weighted by Gasteiger charge is -2.13. The van der Waals surface area contributed by atoms with E-state index in [9.17, 15) is 23.1 Å². The van der Waals surface area contributed by atoms with E-state index in [0.29, 0.717) is 0 Å². The first-order chi connectivity index (χ1) is 8.21. The molecule has 0 saturated carbocycles. The molecule has 1 aromatic rings. The van der Waals surface area contributed by atoms with Crippen LogP contribution in [-0.2, 0) is 17.4 Å². The van der Waals surface area contributed by atoms with E-state index in [-0.39, 0.29) is 29.3 Å². The largest absolute Gasteiger partial charge is 0.507 e. The van der Waals surface area contributed by atoms with Gasteiger partial charge in [-0.25, -0.2) is 0 Å². The zero-order valence-corrected chi connectivity index (χ0v) is 10.7. The van der Waals surface area contributed by atoms with E-state index in [1.54, 1.807) is 0 Å². The van der Waals surface area contributed by atoms with Gasteiger partial charge in [0, 0.05) is 10.9 Å². The number of carbonyl (C=O) groups is 1. The number of halogens is 4. The fraction of sp³-hybridized carbons (Fsp3) is 0.364. The van der Waals surface area contributed by atoms with Crippen LogP contribution in [0.15, 0.2) is 16.6 Å². The number of phenolic OH excluding ortho intramolecular Hbond substituents is 1. The molecule has 100 valence electrons. The standard InChI is InChI=1S/C11H10BrF3O3/c12-7-4-6(2-1-3-9(16)17)10(18)8(5-7)11(13,14)15/h4-5,18H,1-3H2,(H,16,17). The molecule has 0 fully saturated rings. The lowest BCUT2D eigenvalue weighted by molar-refractivity contribution is -0.139. The van der Waals surface area contributed by atoms with E-state index in [0.717, 1.165) is 6.07 Å². The number of carboxylic acid groups (broad SMARTS) is 1. The highest BCUT2D eigenvalue weighted by Gasteiger charge is 2.35. The Morgan fingerprint density at radius 3 is 2.44 bits per heavy atom. The van der Waals surface area contributed by atoms with Gasteiger partial charge in [0.2, 0.25) is 0 Å². The monoisotopic (exact) mass is 326 g/mol. The normalized spacial score (nSPS) is 11.6. The quantitative estimate of drug-likeness (QED) is 0.889. The number of benzene rings is 1. The fourth-order valence-corrected chi connectivity index (χ4v) is 2.00.